The fourth-order valence-corrected chi connectivity index (χ4v) is 3.05. The highest BCUT2D eigenvalue weighted by molar-refractivity contribution is 5.94. The Morgan fingerprint density at radius 2 is 2.15 bits per heavy atom. The number of nitrogens with one attached hydrogen (secondary N) is 1. The van der Waals surface area contributed by atoms with Crippen LogP contribution in [-0.2, 0) is 11.2 Å². The van der Waals surface area contributed by atoms with E-state index in [0.717, 1.165) is 50.7 Å². The van der Waals surface area contributed by atoms with Crippen molar-refractivity contribution in [1.82, 2.24) is 14.9 Å². The first-order valence-corrected chi connectivity index (χ1v) is 9.08. The molecule has 0 radical (unpaired) electrons. The zero-order valence-electron chi connectivity index (χ0n) is 15.4. The maximum atomic E-state index is 13.7. The Labute approximate surface area is 157 Å². The number of amides is 1. The summed E-state index contributed by atoms with van der Waals surface area (Å²) < 4.78 is 19.1. The van der Waals surface area contributed by atoms with Gasteiger partial charge in [0.2, 0.25) is 5.95 Å². The molecule has 0 saturated carbocycles. The predicted molar refractivity (Wildman–Crippen MR) is 101 cm³/mol. The van der Waals surface area contributed by atoms with Crippen LogP contribution in [0.15, 0.2) is 24.4 Å². The molecule has 1 saturated heterocycles. The van der Waals surface area contributed by atoms with Gasteiger partial charge in [-0.2, -0.15) is 0 Å². The first-order valence-electron chi connectivity index (χ1n) is 9.08. The molecule has 7 nitrogen and oxygen atoms in total. The molecule has 0 atom stereocenters. The average molecular weight is 373 g/mol. The topological polar surface area (TPSA) is 93.4 Å². The maximum absolute atomic E-state index is 13.7. The molecule has 144 valence electrons. The van der Waals surface area contributed by atoms with Crippen LogP contribution in [-0.4, -0.2) is 60.2 Å². The van der Waals surface area contributed by atoms with E-state index in [1.54, 1.807) is 12.3 Å². The summed E-state index contributed by atoms with van der Waals surface area (Å²) in [6, 6.07) is 4.29. The van der Waals surface area contributed by atoms with Gasteiger partial charge in [-0.05, 0) is 24.1 Å². The molecular weight excluding hydrogens is 349 g/mol. The molecule has 1 amide bonds. The van der Waals surface area contributed by atoms with Gasteiger partial charge < -0.3 is 15.8 Å². The largest absolute Gasteiger partial charge is 0.379 e. The quantitative estimate of drug-likeness (QED) is 0.767. The van der Waals surface area contributed by atoms with Crippen molar-refractivity contribution in [2.45, 2.75) is 13.3 Å². The van der Waals surface area contributed by atoms with Gasteiger partial charge in [0.15, 0.2) is 0 Å². The summed E-state index contributed by atoms with van der Waals surface area (Å²) in [5.74, 6) is -0.873. The molecule has 8 heteroatoms. The molecule has 1 aromatic carbocycles. The highest BCUT2D eigenvalue weighted by Gasteiger charge is 2.14. The zero-order valence-corrected chi connectivity index (χ0v) is 15.4. The molecule has 1 aliphatic rings. The van der Waals surface area contributed by atoms with Crippen LogP contribution in [0.4, 0.5) is 10.3 Å². The number of hydrogen-bond acceptors (Lipinski definition) is 6. The van der Waals surface area contributed by atoms with Crippen molar-refractivity contribution in [1.29, 1.82) is 0 Å². The summed E-state index contributed by atoms with van der Waals surface area (Å²) in [5, 5.41) is 3.25. The summed E-state index contributed by atoms with van der Waals surface area (Å²) in [6.45, 7) is 7.05. The van der Waals surface area contributed by atoms with E-state index in [1.807, 2.05) is 6.92 Å². The molecule has 27 heavy (non-hydrogen) atoms. The van der Waals surface area contributed by atoms with Crippen LogP contribution in [0, 0.1) is 5.82 Å². The number of aryl methyl sites for hydroxylation is 1. The minimum Gasteiger partial charge on any atom is -0.379 e. The number of morpholine rings is 1. The second kappa shape index (κ2) is 8.88. The number of nitrogens with two attached hydrogens (primary N) is 1. The number of ether oxygens (including phenoxy) is 1. The molecule has 1 aliphatic heterocycles. The Balaban J connectivity index is 1.72. The first-order chi connectivity index (χ1) is 13.1. The highest BCUT2D eigenvalue weighted by Crippen LogP contribution is 2.25. The number of hydrogen-bond donors (Lipinski definition) is 2. The predicted octanol–water partition coefficient (Wildman–Crippen LogP) is 1.69. The number of primary amides is 1. The lowest BCUT2D eigenvalue weighted by Crippen LogP contribution is -2.39. The number of anilines is 1. The molecule has 0 spiro atoms. The fraction of sp³-hybridized carbons (Fsp3) is 0.421. The Bertz CT molecular complexity index is 809. The molecule has 0 aliphatic carbocycles. The zero-order chi connectivity index (χ0) is 19.2. The summed E-state index contributed by atoms with van der Waals surface area (Å²) in [7, 11) is 0. The average Bonchev–Trinajstić information content (AvgIpc) is 2.69. The van der Waals surface area contributed by atoms with Gasteiger partial charge in [-0.1, -0.05) is 13.0 Å². The van der Waals surface area contributed by atoms with Gasteiger partial charge >= 0.3 is 0 Å². The van der Waals surface area contributed by atoms with Gasteiger partial charge in [0.1, 0.15) is 5.82 Å². The monoisotopic (exact) mass is 373 g/mol. The number of carbonyl (C=O) groups is 1. The van der Waals surface area contributed by atoms with Crippen molar-refractivity contribution in [3.05, 3.63) is 41.5 Å². The van der Waals surface area contributed by atoms with Crippen LogP contribution in [0.2, 0.25) is 0 Å². The summed E-state index contributed by atoms with van der Waals surface area (Å²) in [4.78, 5) is 22.7. The Kier molecular flexibility index (Phi) is 6.31. The van der Waals surface area contributed by atoms with Crippen molar-refractivity contribution >= 4 is 11.9 Å². The van der Waals surface area contributed by atoms with E-state index in [2.05, 4.69) is 20.2 Å². The minimum absolute atomic E-state index is 0.137. The van der Waals surface area contributed by atoms with Crippen molar-refractivity contribution in [2.75, 3.05) is 44.7 Å². The highest BCUT2D eigenvalue weighted by atomic mass is 19.1. The van der Waals surface area contributed by atoms with Gasteiger partial charge in [-0.3, -0.25) is 9.69 Å². The van der Waals surface area contributed by atoms with Gasteiger partial charge in [0.25, 0.3) is 5.91 Å². The van der Waals surface area contributed by atoms with Gasteiger partial charge in [0.05, 0.1) is 24.5 Å². The molecule has 1 aromatic heterocycles. The number of carbonyl (C=O) groups excluding carboxylic acids is 1. The SMILES string of the molecule is CCc1nc(NCCN2CCOCC2)ncc1-c1ccc(F)c(C(N)=O)c1. The van der Waals surface area contributed by atoms with Crippen molar-refractivity contribution in [3.63, 3.8) is 0 Å². The van der Waals surface area contributed by atoms with Gasteiger partial charge in [0, 0.05) is 37.9 Å². The van der Waals surface area contributed by atoms with Gasteiger partial charge in [-0.15, -0.1) is 0 Å². The molecule has 2 heterocycles. The molecule has 0 bridgehead atoms. The summed E-state index contributed by atoms with van der Waals surface area (Å²) in [5.41, 5.74) is 7.36. The number of rotatable bonds is 7. The van der Waals surface area contributed by atoms with Crippen molar-refractivity contribution in [2.24, 2.45) is 5.73 Å². The number of benzene rings is 1. The second-order valence-corrected chi connectivity index (χ2v) is 6.35. The van der Waals surface area contributed by atoms with E-state index in [9.17, 15) is 9.18 Å². The summed E-state index contributed by atoms with van der Waals surface area (Å²) >= 11 is 0. The van der Waals surface area contributed by atoms with Crippen LogP contribution in [0.5, 0.6) is 0 Å². The van der Waals surface area contributed by atoms with Crippen LogP contribution in [0.25, 0.3) is 11.1 Å². The van der Waals surface area contributed by atoms with Crippen LogP contribution in [0.1, 0.15) is 23.0 Å². The minimum atomic E-state index is -0.797. The maximum Gasteiger partial charge on any atom is 0.251 e. The third-order valence-electron chi connectivity index (χ3n) is 4.56. The van der Waals surface area contributed by atoms with Crippen LogP contribution >= 0.6 is 0 Å². The smallest absolute Gasteiger partial charge is 0.251 e. The molecule has 0 unspecified atom stereocenters. The van der Waals surface area contributed by atoms with E-state index in [4.69, 9.17) is 10.5 Å². The molecule has 3 rings (SSSR count). The fourth-order valence-electron chi connectivity index (χ4n) is 3.05. The Hall–Kier alpha value is -2.58. The normalized spacial score (nSPS) is 14.9. The van der Waals surface area contributed by atoms with Crippen molar-refractivity contribution in [3.8, 4) is 11.1 Å². The van der Waals surface area contributed by atoms with Crippen LogP contribution in [0.3, 0.4) is 0 Å². The third kappa shape index (κ3) is 4.78. The molecule has 2 aromatic rings. The van der Waals surface area contributed by atoms with E-state index < -0.39 is 11.7 Å². The molecule has 1 fully saturated rings. The standard InChI is InChI=1S/C19H24FN5O2/c1-2-17-15(13-3-4-16(20)14(11-13)18(21)26)12-23-19(24-17)22-5-6-25-7-9-27-10-8-25/h3-4,11-12H,2,5-10H2,1H3,(H2,21,26)(H,22,23,24). The van der Waals surface area contributed by atoms with E-state index in [-0.39, 0.29) is 5.56 Å². The summed E-state index contributed by atoms with van der Waals surface area (Å²) in [6.07, 6.45) is 2.38. The Morgan fingerprint density at radius 3 is 2.85 bits per heavy atom. The van der Waals surface area contributed by atoms with E-state index in [1.165, 1.54) is 12.1 Å². The van der Waals surface area contributed by atoms with E-state index >= 15 is 0 Å². The molecule has 3 N–H and O–H groups in total. The molecular formula is C19H24FN5O2. The van der Waals surface area contributed by atoms with Gasteiger partial charge in [-0.25, -0.2) is 14.4 Å². The number of halogens is 1. The van der Waals surface area contributed by atoms with Crippen molar-refractivity contribution < 1.29 is 13.9 Å². The lowest BCUT2D eigenvalue weighted by molar-refractivity contribution is 0.0398. The number of nitrogens with zero attached hydrogens (tertiary/aromatic N) is 3. The lowest BCUT2D eigenvalue weighted by atomic mass is 10.0. The number of aromatic nitrogens is 2. The second-order valence-electron chi connectivity index (χ2n) is 6.35. The van der Waals surface area contributed by atoms with E-state index in [0.29, 0.717) is 17.9 Å². The van der Waals surface area contributed by atoms with Crippen LogP contribution < -0.4 is 11.1 Å². The lowest BCUT2D eigenvalue weighted by Gasteiger charge is -2.26. The first kappa shape index (κ1) is 19.2. The Morgan fingerprint density at radius 1 is 1.37 bits per heavy atom. The third-order valence-corrected chi connectivity index (χ3v) is 4.56.